The van der Waals surface area contributed by atoms with Crippen molar-refractivity contribution in [2.75, 3.05) is 6.54 Å². The summed E-state index contributed by atoms with van der Waals surface area (Å²) in [5.41, 5.74) is 1.16. The van der Waals surface area contributed by atoms with Crippen LogP contribution in [0.4, 0.5) is 4.39 Å². The summed E-state index contributed by atoms with van der Waals surface area (Å²) in [6, 6.07) is 10.7. The fraction of sp³-hybridized carbons (Fsp3) is 0.250. The van der Waals surface area contributed by atoms with Crippen LogP contribution in [0.2, 0.25) is 0 Å². The van der Waals surface area contributed by atoms with E-state index in [0.29, 0.717) is 16.0 Å². The molecule has 21 heavy (non-hydrogen) atoms. The Morgan fingerprint density at radius 3 is 2.38 bits per heavy atom. The third kappa shape index (κ3) is 4.28. The van der Waals surface area contributed by atoms with Crippen molar-refractivity contribution in [3.8, 4) is 11.5 Å². The molecule has 1 unspecified atom stereocenters. The number of hydrogen-bond donors (Lipinski definition) is 1. The minimum Gasteiger partial charge on any atom is -0.457 e. The molecular formula is C16H16Br2FNO. The van der Waals surface area contributed by atoms with Gasteiger partial charge in [-0.2, -0.15) is 0 Å². The fourth-order valence-corrected chi connectivity index (χ4v) is 2.96. The van der Waals surface area contributed by atoms with Crippen molar-refractivity contribution in [1.82, 2.24) is 5.32 Å². The molecule has 0 aliphatic carbocycles. The summed E-state index contributed by atoms with van der Waals surface area (Å²) in [6.45, 7) is 5.09. The molecule has 0 amide bonds. The zero-order valence-electron chi connectivity index (χ0n) is 11.8. The molecule has 0 saturated heterocycles. The number of hydrogen-bond acceptors (Lipinski definition) is 2. The smallest absolute Gasteiger partial charge is 0.141 e. The highest BCUT2D eigenvalue weighted by Crippen LogP contribution is 2.31. The number of nitrogens with one attached hydrogen (secondary N) is 1. The first-order valence-corrected chi connectivity index (χ1v) is 8.25. The number of ether oxygens (including phenoxy) is 1. The first kappa shape index (κ1) is 16.5. The van der Waals surface area contributed by atoms with Crippen LogP contribution in [-0.4, -0.2) is 6.54 Å². The Labute approximate surface area is 141 Å². The second kappa shape index (κ2) is 7.38. The van der Waals surface area contributed by atoms with Crippen molar-refractivity contribution >= 4 is 31.9 Å². The van der Waals surface area contributed by atoms with E-state index >= 15 is 0 Å². The van der Waals surface area contributed by atoms with E-state index in [0.717, 1.165) is 16.6 Å². The van der Waals surface area contributed by atoms with Crippen molar-refractivity contribution in [2.24, 2.45) is 0 Å². The lowest BCUT2D eigenvalue weighted by Crippen LogP contribution is -2.17. The second-order valence-electron chi connectivity index (χ2n) is 4.64. The average molecular weight is 417 g/mol. The van der Waals surface area contributed by atoms with Crippen molar-refractivity contribution in [2.45, 2.75) is 19.9 Å². The van der Waals surface area contributed by atoms with E-state index in [9.17, 15) is 4.39 Å². The number of halogens is 3. The molecule has 1 N–H and O–H groups in total. The van der Waals surface area contributed by atoms with Gasteiger partial charge in [-0.1, -0.05) is 28.9 Å². The van der Waals surface area contributed by atoms with E-state index in [-0.39, 0.29) is 11.9 Å². The van der Waals surface area contributed by atoms with Crippen LogP contribution < -0.4 is 10.1 Å². The van der Waals surface area contributed by atoms with Gasteiger partial charge in [-0.3, -0.25) is 0 Å². The van der Waals surface area contributed by atoms with E-state index in [4.69, 9.17) is 4.74 Å². The minimum absolute atomic E-state index is 0.253. The van der Waals surface area contributed by atoms with Crippen molar-refractivity contribution < 1.29 is 9.13 Å². The van der Waals surface area contributed by atoms with E-state index < -0.39 is 0 Å². The quantitative estimate of drug-likeness (QED) is 0.663. The molecule has 0 aliphatic heterocycles. The molecule has 0 heterocycles. The highest BCUT2D eigenvalue weighted by molar-refractivity contribution is 9.10. The summed E-state index contributed by atoms with van der Waals surface area (Å²) < 4.78 is 20.5. The summed E-state index contributed by atoms with van der Waals surface area (Å²) in [6.07, 6.45) is 0. The normalized spacial score (nSPS) is 12.2. The van der Waals surface area contributed by atoms with Crippen molar-refractivity contribution in [3.63, 3.8) is 0 Å². The highest BCUT2D eigenvalue weighted by atomic mass is 79.9. The van der Waals surface area contributed by atoms with Gasteiger partial charge in [0.15, 0.2) is 0 Å². The second-order valence-corrected chi connectivity index (χ2v) is 6.35. The predicted octanol–water partition coefficient (Wildman–Crippen LogP) is 5.81. The van der Waals surface area contributed by atoms with E-state index in [1.54, 1.807) is 12.1 Å². The SMILES string of the molecule is CCNC(C)c1ccc(Oc2ccc(Br)c(F)c2)cc1Br. The summed E-state index contributed by atoms with van der Waals surface area (Å²) >= 11 is 6.68. The summed E-state index contributed by atoms with van der Waals surface area (Å²) in [5, 5.41) is 3.36. The van der Waals surface area contributed by atoms with Gasteiger partial charge in [0.05, 0.1) is 4.47 Å². The van der Waals surface area contributed by atoms with Gasteiger partial charge >= 0.3 is 0 Å². The number of benzene rings is 2. The molecule has 2 aromatic carbocycles. The lowest BCUT2D eigenvalue weighted by molar-refractivity contribution is 0.475. The lowest BCUT2D eigenvalue weighted by atomic mass is 10.1. The van der Waals surface area contributed by atoms with Gasteiger partial charge < -0.3 is 10.1 Å². The number of rotatable bonds is 5. The molecule has 0 bridgehead atoms. The van der Waals surface area contributed by atoms with Crippen LogP contribution in [0, 0.1) is 5.82 Å². The molecule has 0 fully saturated rings. The predicted molar refractivity (Wildman–Crippen MR) is 90.4 cm³/mol. The van der Waals surface area contributed by atoms with Crippen LogP contribution >= 0.6 is 31.9 Å². The molecule has 0 radical (unpaired) electrons. The van der Waals surface area contributed by atoms with Crippen LogP contribution in [0.25, 0.3) is 0 Å². The molecule has 112 valence electrons. The average Bonchev–Trinajstić information content (AvgIpc) is 2.43. The zero-order valence-corrected chi connectivity index (χ0v) is 15.0. The largest absolute Gasteiger partial charge is 0.457 e. The van der Waals surface area contributed by atoms with Crippen LogP contribution in [0.3, 0.4) is 0 Å². The van der Waals surface area contributed by atoms with E-state index in [1.165, 1.54) is 6.07 Å². The summed E-state index contributed by atoms with van der Waals surface area (Å²) in [4.78, 5) is 0. The van der Waals surface area contributed by atoms with E-state index in [2.05, 4.69) is 51.0 Å². The van der Waals surface area contributed by atoms with Gasteiger partial charge in [-0.15, -0.1) is 0 Å². The molecule has 5 heteroatoms. The topological polar surface area (TPSA) is 21.3 Å². The molecular weight excluding hydrogens is 401 g/mol. The molecule has 0 aliphatic rings. The lowest BCUT2D eigenvalue weighted by Gasteiger charge is -2.15. The monoisotopic (exact) mass is 415 g/mol. The van der Waals surface area contributed by atoms with Gasteiger partial charge in [-0.25, -0.2) is 4.39 Å². The standard InChI is InChI=1S/C16H16Br2FNO/c1-3-20-10(2)13-6-4-11(8-15(13)18)21-12-5-7-14(17)16(19)9-12/h4-10,20H,3H2,1-2H3. The van der Waals surface area contributed by atoms with Gasteiger partial charge in [0, 0.05) is 16.6 Å². The maximum Gasteiger partial charge on any atom is 0.141 e. The first-order valence-electron chi connectivity index (χ1n) is 6.67. The Morgan fingerprint density at radius 1 is 1.10 bits per heavy atom. The van der Waals surface area contributed by atoms with Crippen LogP contribution in [0.15, 0.2) is 45.3 Å². The fourth-order valence-electron chi connectivity index (χ4n) is 2.02. The molecule has 0 saturated carbocycles. The Balaban J connectivity index is 2.18. The van der Waals surface area contributed by atoms with Gasteiger partial charge in [-0.05, 0) is 59.2 Å². The molecule has 2 aromatic rings. The maximum atomic E-state index is 13.5. The highest BCUT2D eigenvalue weighted by Gasteiger charge is 2.10. The molecule has 2 nitrogen and oxygen atoms in total. The van der Waals surface area contributed by atoms with Gasteiger partial charge in [0.25, 0.3) is 0 Å². The van der Waals surface area contributed by atoms with E-state index in [1.807, 2.05) is 18.2 Å². The Bertz CT molecular complexity index is 634. The summed E-state index contributed by atoms with van der Waals surface area (Å²) in [7, 11) is 0. The van der Waals surface area contributed by atoms with Crippen molar-refractivity contribution in [3.05, 3.63) is 56.7 Å². The van der Waals surface area contributed by atoms with Crippen LogP contribution in [0.5, 0.6) is 11.5 Å². The maximum absolute atomic E-state index is 13.5. The molecule has 0 spiro atoms. The molecule has 2 rings (SSSR count). The minimum atomic E-state index is -0.344. The third-order valence-electron chi connectivity index (χ3n) is 3.08. The van der Waals surface area contributed by atoms with Crippen LogP contribution in [-0.2, 0) is 0 Å². The van der Waals surface area contributed by atoms with Gasteiger partial charge in [0.2, 0.25) is 0 Å². The zero-order chi connectivity index (χ0) is 15.4. The molecule has 0 aromatic heterocycles. The van der Waals surface area contributed by atoms with Crippen LogP contribution in [0.1, 0.15) is 25.5 Å². The summed E-state index contributed by atoms with van der Waals surface area (Å²) in [5.74, 6) is 0.787. The third-order valence-corrected chi connectivity index (χ3v) is 4.41. The van der Waals surface area contributed by atoms with Crippen molar-refractivity contribution in [1.29, 1.82) is 0 Å². The Hall–Kier alpha value is -0.910. The first-order chi connectivity index (χ1) is 10.0. The Morgan fingerprint density at radius 2 is 1.76 bits per heavy atom. The Kier molecular flexibility index (Phi) is 5.79. The molecule has 1 atom stereocenters. The van der Waals surface area contributed by atoms with Gasteiger partial charge in [0.1, 0.15) is 17.3 Å².